The van der Waals surface area contributed by atoms with Crippen molar-refractivity contribution in [3.05, 3.63) is 36.3 Å². The van der Waals surface area contributed by atoms with Crippen LogP contribution >= 0.6 is 0 Å². The molecular formula is C23H33N5O2. The zero-order chi connectivity index (χ0) is 21.1. The number of unbranched alkanes of at least 4 members (excludes halogenated alkanes) is 2. The zero-order valence-electron chi connectivity index (χ0n) is 18.0. The number of rotatable bonds is 7. The molecule has 0 aliphatic carbocycles. The van der Waals surface area contributed by atoms with E-state index in [9.17, 15) is 4.79 Å². The molecule has 162 valence electrons. The summed E-state index contributed by atoms with van der Waals surface area (Å²) in [5.74, 6) is 1.48. The SMILES string of the molecule is C[C@@H]1CCC[C@H](C)N1CCCCCN1C(=O)C(c2ncc(N)[nH]2)Oc2ccccc21. The Morgan fingerprint density at radius 2 is 1.87 bits per heavy atom. The third kappa shape index (κ3) is 4.31. The van der Waals surface area contributed by atoms with Crippen molar-refractivity contribution in [1.82, 2.24) is 14.9 Å². The molecule has 7 nitrogen and oxygen atoms in total. The van der Waals surface area contributed by atoms with E-state index < -0.39 is 6.10 Å². The maximum absolute atomic E-state index is 13.2. The molecule has 1 amide bonds. The number of imidazole rings is 1. The molecule has 2 aliphatic heterocycles. The van der Waals surface area contributed by atoms with Crippen LogP contribution < -0.4 is 15.4 Å². The van der Waals surface area contributed by atoms with Gasteiger partial charge in [-0.25, -0.2) is 4.98 Å². The van der Waals surface area contributed by atoms with Crippen molar-refractivity contribution in [2.45, 2.75) is 70.6 Å². The highest BCUT2D eigenvalue weighted by molar-refractivity contribution is 6.00. The van der Waals surface area contributed by atoms with Gasteiger partial charge in [0.25, 0.3) is 5.91 Å². The maximum atomic E-state index is 13.2. The fourth-order valence-electron chi connectivity index (χ4n) is 4.76. The summed E-state index contributed by atoms with van der Waals surface area (Å²) in [4.78, 5) is 24.8. The Morgan fingerprint density at radius 3 is 2.60 bits per heavy atom. The number of piperidine rings is 1. The van der Waals surface area contributed by atoms with Gasteiger partial charge in [0.05, 0.1) is 11.9 Å². The highest BCUT2D eigenvalue weighted by Crippen LogP contribution is 2.38. The van der Waals surface area contributed by atoms with Crippen molar-refractivity contribution in [3.63, 3.8) is 0 Å². The first-order chi connectivity index (χ1) is 14.5. The van der Waals surface area contributed by atoms with Crippen molar-refractivity contribution in [1.29, 1.82) is 0 Å². The monoisotopic (exact) mass is 411 g/mol. The predicted molar refractivity (Wildman–Crippen MR) is 118 cm³/mol. The predicted octanol–water partition coefficient (Wildman–Crippen LogP) is 3.89. The molecule has 1 saturated heterocycles. The van der Waals surface area contributed by atoms with Crippen LogP contribution in [-0.2, 0) is 4.79 Å². The van der Waals surface area contributed by atoms with E-state index in [2.05, 4.69) is 28.7 Å². The third-order valence-corrected chi connectivity index (χ3v) is 6.43. The molecule has 30 heavy (non-hydrogen) atoms. The summed E-state index contributed by atoms with van der Waals surface area (Å²) in [7, 11) is 0. The van der Waals surface area contributed by atoms with Gasteiger partial charge in [0, 0.05) is 18.6 Å². The first-order valence-corrected chi connectivity index (χ1v) is 11.2. The van der Waals surface area contributed by atoms with E-state index in [1.54, 1.807) is 0 Å². The second kappa shape index (κ2) is 9.08. The summed E-state index contributed by atoms with van der Waals surface area (Å²) in [6, 6.07) is 9.06. The molecule has 4 rings (SSSR count). The summed E-state index contributed by atoms with van der Waals surface area (Å²) < 4.78 is 5.96. The van der Waals surface area contributed by atoms with Crippen molar-refractivity contribution in [2.24, 2.45) is 0 Å². The third-order valence-electron chi connectivity index (χ3n) is 6.43. The Morgan fingerprint density at radius 1 is 1.13 bits per heavy atom. The lowest BCUT2D eigenvalue weighted by molar-refractivity contribution is -0.127. The number of H-pyrrole nitrogens is 1. The Bertz CT molecular complexity index is 857. The summed E-state index contributed by atoms with van der Waals surface area (Å²) in [5.41, 5.74) is 6.58. The number of nitrogens with zero attached hydrogens (tertiary/aromatic N) is 3. The van der Waals surface area contributed by atoms with Crippen molar-refractivity contribution in [3.8, 4) is 5.75 Å². The number of nitrogen functional groups attached to an aromatic ring is 1. The fourth-order valence-corrected chi connectivity index (χ4v) is 4.76. The van der Waals surface area contributed by atoms with Crippen LogP contribution in [0, 0.1) is 0 Å². The van der Waals surface area contributed by atoms with Gasteiger partial charge in [-0.2, -0.15) is 0 Å². The van der Waals surface area contributed by atoms with Crippen LogP contribution in [-0.4, -0.2) is 45.9 Å². The molecule has 0 spiro atoms. The normalized spacial score (nSPS) is 24.5. The average Bonchev–Trinajstić information content (AvgIpc) is 3.16. The number of aromatic nitrogens is 2. The number of aromatic amines is 1. The van der Waals surface area contributed by atoms with E-state index in [0.717, 1.165) is 31.5 Å². The number of carbonyl (C=O) groups is 1. The minimum Gasteiger partial charge on any atom is -0.470 e. The van der Waals surface area contributed by atoms with Gasteiger partial charge in [0.15, 0.2) is 5.82 Å². The molecule has 7 heteroatoms. The number of benzene rings is 1. The van der Waals surface area contributed by atoms with Crippen LogP contribution in [0.15, 0.2) is 30.5 Å². The Hall–Kier alpha value is -2.54. The first kappa shape index (κ1) is 20.7. The highest BCUT2D eigenvalue weighted by Gasteiger charge is 2.36. The Labute approximate surface area is 178 Å². The number of nitrogens with one attached hydrogen (secondary N) is 1. The average molecular weight is 412 g/mol. The number of ether oxygens (including phenoxy) is 1. The number of para-hydroxylation sites is 2. The molecule has 2 aliphatic rings. The minimum atomic E-state index is -0.785. The largest absolute Gasteiger partial charge is 0.470 e. The molecule has 2 aromatic rings. The van der Waals surface area contributed by atoms with Crippen LogP contribution in [0.1, 0.15) is 64.3 Å². The van der Waals surface area contributed by atoms with Crippen LogP contribution in [0.2, 0.25) is 0 Å². The number of fused-ring (bicyclic) bond motifs is 1. The van der Waals surface area contributed by atoms with E-state index in [-0.39, 0.29) is 5.91 Å². The summed E-state index contributed by atoms with van der Waals surface area (Å²) >= 11 is 0. The summed E-state index contributed by atoms with van der Waals surface area (Å²) in [6.07, 6.45) is 7.91. The van der Waals surface area contributed by atoms with Gasteiger partial charge < -0.3 is 20.4 Å². The second-order valence-corrected chi connectivity index (χ2v) is 8.61. The fraction of sp³-hybridized carbons (Fsp3) is 0.565. The molecule has 1 aromatic heterocycles. The van der Waals surface area contributed by atoms with Gasteiger partial charge in [0.2, 0.25) is 6.10 Å². The lowest BCUT2D eigenvalue weighted by Gasteiger charge is -2.39. The smallest absolute Gasteiger partial charge is 0.276 e. The number of hydrogen-bond donors (Lipinski definition) is 2. The summed E-state index contributed by atoms with van der Waals surface area (Å²) in [5, 5.41) is 0. The standard InChI is InChI=1S/C23H33N5O2/c1-16-9-8-10-17(2)27(16)13-6-3-7-14-28-18-11-4-5-12-19(18)30-21(23(28)29)22-25-15-20(24)26-22/h4-5,11-12,15-17,21H,3,6-10,13-14,24H2,1-2H3,(H,25,26)/t16-,17+,21?. The number of hydrogen-bond acceptors (Lipinski definition) is 5. The van der Waals surface area contributed by atoms with Crippen LogP contribution in [0.3, 0.4) is 0 Å². The molecule has 3 heterocycles. The lowest BCUT2D eigenvalue weighted by atomic mass is 9.97. The highest BCUT2D eigenvalue weighted by atomic mass is 16.5. The molecule has 1 unspecified atom stereocenters. The quantitative estimate of drug-likeness (QED) is 0.675. The zero-order valence-corrected chi connectivity index (χ0v) is 18.0. The van der Waals surface area contributed by atoms with Crippen LogP contribution in [0.5, 0.6) is 5.75 Å². The number of nitrogens with two attached hydrogens (primary N) is 1. The number of anilines is 2. The minimum absolute atomic E-state index is 0.0960. The molecule has 3 atom stereocenters. The summed E-state index contributed by atoms with van der Waals surface area (Å²) in [6.45, 7) is 6.52. The van der Waals surface area contributed by atoms with Crippen molar-refractivity contribution < 1.29 is 9.53 Å². The molecule has 0 radical (unpaired) electrons. The lowest BCUT2D eigenvalue weighted by Crippen LogP contribution is -2.44. The van der Waals surface area contributed by atoms with Gasteiger partial charge in [-0.05, 0) is 58.2 Å². The molecule has 1 fully saturated rings. The molecule has 0 bridgehead atoms. The van der Waals surface area contributed by atoms with Gasteiger partial charge in [-0.15, -0.1) is 0 Å². The van der Waals surface area contributed by atoms with Gasteiger partial charge in [-0.1, -0.05) is 25.0 Å². The van der Waals surface area contributed by atoms with E-state index in [4.69, 9.17) is 10.5 Å². The van der Waals surface area contributed by atoms with Gasteiger partial charge in [0.1, 0.15) is 11.6 Å². The Kier molecular flexibility index (Phi) is 6.27. The molecule has 3 N–H and O–H groups in total. The second-order valence-electron chi connectivity index (χ2n) is 8.61. The van der Waals surface area contributed by atoms with E-state index >= 15 is 0 Å². The van der Waals surface area contributed by atoms with Gasteiger partial charge in [-0.3, -0.25) is 9.69 Å². The first-order valence-electron chi connectivity index (χ1n) is 11.2. The number of likely N-dealkylation sites (tertiary alicyclic amines) is 1. The van der Waals surface area contributed by atoms with E-state index in [1.165, 1.54) is 25.5 Å². The number of amides is 1. The molecule has 0 saturated carbocycles. The topological polar surface area (TPSA) is 87.5 Å². The van der Waals surface area contributed by atoms with Crippen molar-refractivity contribution in [2.75, 3.05) is 23.7 Å². The van der Waals surface area contributed by atoms with Crippen LogP contribution in [0.4, 0.5) is 11.5 Å². The van der Waals surface area contributed by atoms with Gasteiger partial charge >= 0.3 is 0 Å². The van der Waals surface area contributed by atoms with E-state index in [1.807, 2.05) is 29.2 Å². The Balaban J connectivity index is 1.37. The van der Waals surface area contributed by atoms with E-state index in [0.29, 0.717) is 36.0 Å². The number of carbonyl (C=O) groups excluding carboxylic acids is 1. The maximum Gasteiger partial charge on any atom is 0.276 e. The molecular weight excluding hydrogens is 378 g/mol. The van der Waals surface area contributed by atoms with Crippen LogP contribution in [0.25, 0.3) is 0 Å². The molecule has 1 aromatic carbocycles. The van der Waals surface area contributed by atoms with Crippen molar-refractivity contribution >= 4 is 17.4 Å².